The minimum absolute atomic E-state index is 1.05. The van der Waals surface area contributed by atoms with Gasteiger partial charge in [-0.3, -0.25) is 0 Å². The molecule has 0 aliphatic carbocycles. The summed E-state index contributed by atoms with van der Waals surface area (Å²) in [5, 5.41) is 0. The van der Waals surface area contributed by atoms with Crippen LogP contribution in [0, 0.1) is 0 Å². The third-order valence-corrected chi connectivity index (χ3v) is 1.57. The molecule has 0 aliphatic rings. The lowest BCUT2D eigenvalue weighted by atomic mass is 10.1. The van der Waals surface area contributed by atoms with Gasteiger partial charge in [-0.1, -0.05) is 18.9 Å². The lowest BCUT2D eigenvalue weighted by Gasteiger charge is -1.98. The van der Waals surface area contributed by atoms with Crippen LogP contribution in [-0.4, -0.2) is 5.94 Å². The van der Waals surface area contributed by atoms with E-state index >= 15 is 0 Å². The lowest BCUT2D eigenvalue weighted by Crippen LogP contribution is -1.80. The van der Waals surface area contributed by atoms with Crippen molar-refractivity contribution in [1.82, 2.24) is 0 Å². The van der Waals surface area contributed by atoms with Gasteiger partial charge in [0.05, 0.1) is 0 Å². The molecule has 10 heavy (non-hydrogen) atoms. The van der Waals surface area contributed by atoms with E-state index in [9.17, 15) is 4.79 Å². The van der Waals surface area contributed by atoms with Crippen LogP contribution in [-0.2, 0) is 4.79 Å². The third kappa shape index (κ3) is 3.26. The molecule has 1 heteroatoms. The van der Waals surface area contributed by atoms with Crippen LogP contribution in [0.25, 0.3) is 0 Å². The van der Waals surface area contributed by atoms with E-state index < -0.39 is 0 Å². The minimum Gasteiger partial charge on any atom is -0.233 e. The Kier molecular flexibility index (Phi) is 4.61. The van der Waals surface area contributed by atoms with Crippen molar-refractivity contribution < 1.29 is 4.79 Å². The summed E-state index contributed by atoms with van der Waals surface area (Å²) in [6.45, 7) is 6.12. The fraction of sp³-hybridized carbons (Fsp3) is 0.556. The SMILES string of the molecule is CCC/C(C)=C(\C)C=C=O. The highest BCUT2D eigenvalue weighted by molar-refractivity contribution is 5.52. The second-order valence-corrected chi connectivity index (χ2v) is 2.48. The maximum atomic E-state index is 9.91. The molecule has 0 aromatic carbocycles. The first kappa shape index (κ1) is 9.19. The van der Waals surface area contributed by atoms with Gasteiger partial charge in [-0.25, -0.2) is 4.79 Å². The van der Waals surface area contributed by atoms with Gasteiger partial charge < -0.3 is 0 Å². The largest absolute Gasteiger partial charge is 0.233 e. The molecular formula is C9H14O. The Balaban J connectivity index is 4.18. The third-order valence-electron chi connectivity index (χ3n) is 1.57. The van der Waals surface area contributed by atoms with Crippen LogP contribution in [0.3, 0.4) is 0 Å². The zero-order valence-electron chi connectivity index (χ0n) is 6.90. The topological polar surface area (TPSA) is 17.1 Å². The summed E-state index contributed by atoms with van der Waals surface area (Å²) in [5.41, 5.74) is 2.34. The molecule has 0 aromatic rings. The summed E-state index contributed by atoms with van der Waals surface area (Å²) in [6.07, 6.45) is 3.70. The standard InChI is InChI=1S/C9H14O/c1-4-5-8(2)9(3)6-7-10/h6H,4-5H2,1-3H3/b9-8+. The monoisotopic (exact) mass is 138 g/mol. The minimum atomic E-state index is 1.05. The molecule has 0 bridgehead atoms. The summed E-state index contributed by atoms with van der Waals surface area (Å²) in [7, 11) is 0. The zero-order valence-corrected chi connectivity index (χ0v) is 6.90. The van der Waals surface area contributed by atoms with E-state index in [1.807, 2.05) is 13.8 Å². The predicted molar refractivity (Wildman–Crippen MR) is 43.5 cm³/mol. The first-order valence-electron chi connectivity index (χ1n) is 3.59. The Morgan fingerprint density at radius 3 is 2.50 bits per heavy atom. The predicted octanol–water partition coefficient (Wildman–Crippen LogP) is 2.51. The van der Waals surface area contributed by atoms with E-state index in [-0.39, 0.29) is 0 Å². The maximum Gasteiger partial charge on any atom is 0.124 e. The molecule has 1 nitrogen and oxygen atoms in total. The molecule has 56 valence electrons. The van der Waals surface area contributed by atoms with E-state index in [2.05, 4.69) is 6.92 Å². The molecular weight excluding hydrogens is 124 g/mol. The first-order valence-corrected chi connectivity index (χ1v) is 3.59. The quantitative estimate of drug-likeness (QED) is 0.432. The van der Waals surface area contributed by atoms with Gasteiger partial charge in [0.25, 0.3) is 0 Å². The first-order chi connectivity index (χ1) is 4.72. The van der Waals surface area contributed by atoms with Crippen LogP contribution in [0.5, 0.6) is 0 Å². The number of carbonyl (C=O) groups excluding carboxylic acids is 1. The summed E-state index contributed by atoms with van der Waals surface area (Å²) < 4.78 is 0. The van der Waals surface area contributed by atoms with Crippen LogP contribution in [0.2, 0.25) is 0 Å². The molecule has 0 aromatic heterocycles. The van der Waals surface area contributed by atoms with Crippen LogP contribution < -0.4 is 0 Å². The second kappa shape index (κ2) is 5.01. The summed E-state index contributed by atoms with van der Waals surface area (Å²) in [5.74, 6) is 1.77. The van der Waals surface area contributed by atoms with E-state index in [1.165, 1.54) is 11.6 Å². The van der Waals surface area contributed by atoms with E-state index in [1.54, 1.807) is 5.94 Å². The highest BCUT2D eigenvalue weighted by Gasteiger charge is 1.90. The Morgan fingerprint density at radius 2 is 2.10 bits per heavy atom. The molecule has 0 heterocycles. The Hall–Kier alpha value is -0.810. The van der Waals surface area contributed by atoms with E-state index in [0.29, 0.717) is 0 Å². The van der Waals surface area contributed by atoms with E-state index in [0.717, 1.165) is 18.4 Å². The number of allylic oxidation sites excluding steroid dienone is 3. The van der Waals surface area contributed by atoms with Crippen molar-refractivity contribution in [3.05, 3.63) is 17.2 Å². The highest BCUT2D eigenvalue weighted by Crippen LogP contribution is 2.09. The summed E-state index contributed by atoms with van der Waals surface area (Å²) >= 11 is 0. The van der Waals surface area contributed by atoms with Crippen molar-refractivity contribution in [2.45, 2.75) is 33.6 Å². The molecule has 0 unspecified atom stereocenters. The molecule has 0 spiro atoms. The Bertz CT molecular complexity index is 171. The number of hydrogen-bond donors (Lipinski definition) is 0. The van der Waals surface area contributed by atoms with Crippen molar-refractivity contribution in [1.29, 1.82) is 0 Å². The molecule has 0 rings (SSSR count). The second-order valence-electron chi connectivity index (χ2n) is 2.48. The van der Waals surface area contributed by atoms with Crippen molar-refractivity contribution in [2.24, 2.45) is 0 Å². The summed E-state index contributed by atoms with van der Waals surface area (Å²) in [6, 6.07) is 0. The van der Waals surface area contributed by atoms with Gasteiger partial charge in [0.2, 0.25) is 0 Å². The van der Waals surface area contributed by atoms with Crippen LogP contribution in [0.1, 0.15) is 33.6 Å². The maximum absolute atomic E-state index is 9.91. The average molecular weight is 138 g/mol. The van der Waals surface area contributed by atoms with Gasteiger partial charge >= 0.3 is 0 Å². The van der Waals surface area contributed by atoms with Gasteiger partial charge in [-0.2, -0.15) is 0 Å². The molecule has 0 saturated heterocycles. The van der Waals surface area contributed by atoms with Crippen molar-refractivity contribution >= 4 is 5.94 Å². The molecule has 0 atom stereocenters. The van der Waals surface area contributed by atoms with Crippen molar-refractivity contribution in [3.63, 3.8) is 0 Å². The van der Waals surface area contributed by atoms with Gasteiger partial charge in [0, 0.05) is 6.08 Å². The molecule has 0 radical (unpaired) electrons. The molecule has 0 N–H and O–H groups in total. The van der Waals surface area contributed by atoms with Gasteiger partial charge in [-0.05, 0) is 25.8 Å². The van der Waals surface area contributed by atoms with Gasteiger partial charge in [0.1, 0.15) is 5.94 Å². The Morgan fingerprint density at radius 1 is 1.50 bits per heavy atom. The summed E-state index contributed by atoms with van der Waals surface area (Å²) in [4.78, 5) is 9.91. The number of hydrogen-bond acceptors (Lipinski definition) is 1. The van der Waals surface area contributed by atoms with Crippen LogP contribution in [0.4, 0.5) is 0 Å². The van der Waals surface area contributed by atoms with Gasteiger partial charge in [-0.15, -0.1) is 0 Å². The molecule has 0 amide bonds. The number of rotatable bonds is 3. The average Bonchev–Trinajstić information content (AvgIpc) is 1.89. The molecule has 0 aliphatic heterocycles. The van der Waals surface area contributed by atoms with Crippen LogP contribution in [0.15, 0.2) is 17.2 Å². The Labute approximate surface area is 62.4 Å². The van der Waals surface area contributed by atoms with Crippen molar-refractivity contribution in [2.75, 3.05) is 0 Å². The zero-order chi connectivity index (χ0) is 7.98. The lowest BCUT2D eigenvalue weighted by molar-refractivity contribution is 0.569. The molecule has 0 fully saturated rings. The van der Waals surface area contributed by atoms with Gasteiger partial charge in [0.15, 0.2) is 0 Å². The highest BCUT2D eigenvalue weighted by atomic mass is 16.1. The fourth-order valence-electron chi connectivity index (χ4n) is 0.784. The van der Waals surface area contributed by atoms with E-state index in [4.69, 9.17) is 0 Å². The normalized spacial score (nSPS) is 11.9. The van der Waals surface area contributed by atoms with Crippen LogP contribution >= 0.6 is 0 Å². The molecule has 0 saturated carbocycles. The van der Waals surface area contributed by atoms with Crippen molar-refractivity contribution in [3.8, 4) is 0 Å². The smallest absolute Gasteiger partial charge is 0.124 e. The fourth-order valence-corrected chi connectivity index (χ4v) is 0.784.